The number of ether oxygens (including phenoxy) is 1. The first-order valence-corrected chi connectivity index (χ1v) is 6.52. The van der Waals surface area contributed by atoms with E-state index in [4.69, 9.17) is 10.5 Å². The third-order valence-electron chi connectivity index (χ3n) is 2.62. The van der Waals surface area contributed by atoms with Gasteiger partial charge in [-0.25, -0.2) is 4.98 Å². The number of amides is 1. The number of methoxy groups -OCH3 is 1. The van der Waals surface area contributed by atoms with Crippen LogP contribution < -0.4 is 15.8 Å². The van der Waals surface area contributed by atoms with Gasteiger partial charge in [0.1, 0.15) is 10.6 Å². The smallest absolute Gasteiger partial charge is 0.267 e. The number of rotatable bonds is 3. The van der Waals surface area contributed by atoms with Crippen molar-refractivity contribution in [2.45, 2.75) is 13.8 Å². The van der Waals surface area contributed by atoms with E-state index in [1.165, 1.54) is 11.3 Å². The third-order valence-corrected chi connectivity index (χ3v) is 3.69. The average Bonchev–Trinajstić information content (AvgIpc) is 2.71. The van der Waals surface area contributed by atoms with Crippen LogP contribution in [0.2, 0.25) is 0 Å². The normalized spacial score (nSPS) is 10.3. The molecule has 0 spiro atoms. The molecular weight excluding hydrogens is 262 g/mol. The average molecular weight is 277 g/mol. The van der Waals surface area contributed by atoms with Crippen LogP contribution in [0.4, 0.5) is 11.4 Å². The van der Waals surface area contributed by atoms with Gasteiger partial charge < -0.3 is 15.8 Å². The second-order valence-electron chi connectivity index (χ2n) is 4.05. The Balaban J connectivity index is 2.22. The fraction of sp³-hybridized carbons (Fsp3) is 0.231. The Hall–Kier alpha value is -2.08. The minimum Gasteiger partial charge on any atom is -0.497 e. The molecule has 0 unspecified atom stereocenters. The van der Waals surface area contributed by atoms with Crippen LogP contribution in [0.25, 0.3) is 0 Å². The van der Waals surface area contributed by atoms with Crippen molar-refractivity contribution in [1.82, 2.24) is 4.98 Å². The van der Waals surface area contributed by atoms with Crippen LogP contribution in [0.1, 0.15) is 20.4 Å². The Bertz CT molecular complexity index is 622. The molecule has 6 heteroatoms. The number of anilines is 2. The van der Waals surface area contributed by atoms with E-state index in [2.05, 4.69) is 10.3 Å². The maximum Gasteiger partial charge on any atom is 0.267 e. The number of benzene rings is 1. The Morgan fingerprint density at radius 2 is 2.16 bits per heavy atom. The molecule has 0 aliphatic heterocycles. The summed E-state index contributed by atoms with van der Waals surface area (Å²) in [4.78, 5) is 17.0. The molecule has 1 heterocycles. The van der Waals surface area contributed by atoms with Crippen LogP contribution in [0.5, 0.6) is 5.75 Å². The molecule has 5 nitrogen and oxygen atoms in total. The Labute approximate surface area is 115 Å². The lowest BCUT2D eigenvalue weighted by molar-refractivity contribution is 0.103. The monoisotopic (exact) mass is 277 g/mol. The number of nitrogens with two attached hydrogens (primary N) is 1. The van der Waals surface area contributed by atoms with Gasteiger partial charge in [0, 0.05) is 6.07 Å². The van der Waals surface area contributed by atoms with Gasteiger partial charge in [-0.3, -0.25) is 4.79 Å². The topological polar surface area (TPSA) is 77.2 Å². The zero-order valence-corrected chi connectivity index (χ0v) is 11.8. The van der Waals surface area contributed by atoms with Crippen LogP contribution in [-0.2, 0) is 0 Å². The number of thiazole rings is 1. The molecule has 1 aromatic heterocycles. The highest BCUT2D eigenvalue weighted by Crippen LogP contribution is 2.26. The van der Waals surface area contributed by atoms with Crippen molar-refractivity contribution in [3.63, 3.8) is 0 Å². The summed E-state index contributed by atoms with van der Waals surface area (Å²) in [5.74, 6) is 0.459. The van der Waals surface area contributed by atoms with Gasteiger partial charge in [-0.1, -0.05) is 0 Å². The molecule has 1 amide bonds. The van der Waals surface area contributed by atoms with Gasteiger partial charge in [-0.15, -0.1) is 11.3 Å². The zero-order valence-electron chi connectivity index (χ0n) is 11.0. The van der Waals surface area contributed by atoms with E-state index in [9.17, 15) is 4.79 Å². The second kappa shape index (κ2) is 5.27. The number of carbonyl (C=O) groups is 1. The minimum absolute atomic E-state index is 0.194. The van der Waals surface area contributed by atoms with Gasteiger partial charge >= 0.3 is 0 Å². The van der Waals surface area contributed by atoms with E-state index in [1.807, 2.05) is 13.8 Å². The van der Waals surface area contributed by atoms with Crippen molar-refractivity contribution >= 4 is 28.6 Å². The summed E-state index contributed by atoms with van der Waals surface area (Å²) in [5.41, 5.74) is 7.62. The van der Waals surface area contributed by atoms with Gasteiger partial charge in [-0.2, -0.15) is 0 Å². The summed E-state index contributed by atoms with van der Waals surface area (Å²) in [5, 5.41) is 3.65. The summed E-state index contributed by atoms with van der Waals surface area (Å²) in [7, 11) is 1.57. The summed E-state index contributed by atoms with van der Waals surface area (Å²) < 4.78 is 5.06. The highest BCUT2D eigenvalue weighted by molar-refractivity contribution is 7.13. The van der Waals surface area contributed by atoms with Crippen LogP contribution in [-0.4, -0.2) is 18.0 Å². The Kier molecular flexibility index (Phi) is 3.71. The Morgan fingerprint density at radius 1 is 1.42 bits per heavy atom. The lowest BCUT2D eigenvalue weighted by Crippen LogP contribution is -2.13. The summed E-state index contributed by atoms with van der Waals surface area (Å²) >= 11 is 1.37. The molecule has 1 aromatic carbocycles. The Morgan fingerprint density at radius 3 is 2.68 bits per heavy atom. The molecule has 0 bridgehead atoms. The van der Waals surface area contributed by atoms with Crippen molar-refractivity contribution in [1.29, 1.82) is 0 Å². The van der Waals surface area contributed by atoms with E-state index in [1.54, 1.807) is 25.3 Å². The van der Waals surface area contributed by atoms with E-state index in [0.717, 1.165) is 10.7 Å². The van der Waals surface area contributed by atoms with E-state index < -0.39 is 0 Å². The summed E-state index contributed by atoms with van der Waals surface area (Å²) in [6.07, 6.45) is 0. The number of hydrogen-bond donors (Lipinski definition) is 2. The second-order valence-corrected chi connectivity index (χ2v) is 5.26. The first-order valence-electron chi connectivity index (χ1n) is 5.70. The number of nitrogens with zero attached hydrogens (tertiary/aromatic N) is 1. The van der Waals surface area contributed by atoms with Crippen molar-refractivity contribution in [2.75, 3.05) is 18.2 Å². The van der Waals surface area contributed by atoms with Crippen LogP contribution in [0.3, 0.4) is 0 Å². The van der Waals surface area contributed by atoms with Gasteiger partial charge in [0.25, 0.3) is 5.91 Å². The van der Waals surface area contributed by atoms with Gasteiger partial charge in [-0.05, 0) is 26.0 Å². The van der Waals surface area contributed by atoms with Crippen molar-refractivity contribution in [3.05, 3.63) is 33.8 Å². The quantitative estimate of drug-likeness (QED) is 0.845. The molecule has 2 rings (SSSR count). The first-order chi connectivity index (χ1) is 9.01. The molecule has 100 valence electrons. The summed E-state index contributed by atoms with van der Waals surface area (Å²) in [6, 6.07) is 5.13. The molecule has 0 aliphatic carbocycles. The number of nitrogen functional groups attached to an aromatic ring is 1. The molecule has 0 fully saturated rings. The number of carbonyl (C=O) groups excluding carboxylic acids is 1. The van der Waals surface area contributed by atoms with Gasteiger partial charge in [0.05, 0.1) is 29.2 Å². The molecule has 2 aromatic rings. The standard InChI is InChI=1S/C13H15N3O2S/c1-7-12(19-8(2)15-7)13(17)16-11-5-4-9(18-3)6-10(11)14/h4-6H,14H2,1-3H3,(H,16,17). The number of nitrogens with one attached hydrogen (secondary N) is 1. The molecule has 0 saturated heterocycles. The van der Waals surface area contributed by atoms with Gasteiger partial charge in [0.2, 0.25) is 0 Å². The first kappa shape index (κ1) is 13.4. The van der Waals surface area contributed by atoms with Crippen LogP contribution in [0.15, 0.2) is 18.2 Å². The molecule has 0 radical (unpaired) electrons. The highest BCUT2D eigenvalue weighted by Gasteiger charge is 2.15. The molecule has 0 aliphatic rings. The zero-order chi connectivity index (χ0) is 14.0. The van der Waals surface area contributed by atoms with Crippen LogP contribution >= 0.6 is 11.3 Å². The SMILES string of the molecule is COc1ccc(NC(=O)c2sc(C)nc2C)c(N)c1. The fourth-order valence-corrected chi connectivity index (χ4v) is 2.52. The largest absolute Gasteiger partial charge is 0.497 e. The lowest BCUT2D eigenvalue weighted by atomic mass is 10.2. The summed E-state index contributed by atoms with van der Waals surface area (Å²) in [6.45, 7) is 3.69. The number of aryl methyl sites for hydroxylation is 2. The molecule has 0 atom stereocenters. The van der Waals surface area contributed by atoms with Crippen LogP contribution in [0, 0.1) is 13.8 Å². The van der Waals surface area contributed by atoms with Crippen molar-refractivity contribution < 1.29 is 9.53 Å². The molecule has 3 N–H and O–H groups in total. The fourth-order valence-electron chi connectivity index (χ4n) is 1.70. The molecular formula is C13H15N3O2S. The maximum absolute atomic E-state index is 12.1. The lowest BCUT2D eigenvalue weighted by Gasteiger charge is -2.09. The van der Waals surface area contributed by atoms with E-state index in [-0.39, 0.29) is 5.91 Å². The highest BCUT2D eigenvalue weighted by atomic mass is 32.1. The van der Waals surface area contributed by atoms with Gasteiger partial charge in [0.15, 0.2) is 0 Å². The molecule has 19 heavy (non-hydrogen) atoms. The minimum atomic E-state index is -0.194. The number of hydrogen-bond acceptors (Lipinski definition) is 5. The predicted octanol–water partition coefficient (Wildman–Crippen LogP) is 2.60. The molecule has 0 saturated carbocycles. The third kappa shape index (κ3) is 2.85. The van der Waals surface area contributed by atoms with Crippen molar-refractivity contribution in [2.24, 2.45) is 0 Å². The maximum atomic E-state index is 12.1. The van der Waals surface area contributed by atoms with Crippen molar-refractivity contribution in [3.8, 4) is 5.75 Å². The van der Waals surface area contributed by atoms with E-state index >= 15 is 0 Å². The number of aromatic nitrogens is 1. The predicted molar refractivity (Wildman–Crippen MR) is 76.9 cm³/mol. The van der Waals surface area contributed by atoms with E-state index in [0.29, 0.717) is 22.0 Å².